The Kier molecular flexibility index (Phi) is 4.80. The summed E-state index contributed by atoms with van der Waals surface area (Å²) >= 11 is 3.38. The fourth-order valence-corrected chi connectivity index (χ4v) is 2.99. The highest BCUT2D eigenvalue weighted by Crippen LogP contribution is 2.33. The van der Waals surface area contributed by atoms with Crippen LogP contribution in [0.2, 0.25) is 0 Å². The minimum atomic E-state index is -0.432. The molecule has 0 atom stereocenters. The Morgan fingerprint density at radius 3 is 2.68 bits per heavy atom. The van der Waals surface area contributed by atoms with E-state index in [1.54, 1.807) is 11.0 Å². The summed E-state index contributed by atoms with van der Waals surface area (Å²) in [6.45, 7) is 0. The molecule has 19 heavy (non-hydrogen) atoms. The van der Waals surface area contributed by atoms with Gasteiger partial charge in [0.25, 0.3) is 0 Å². The third-order valence-corrected chi connectivity index (χ3v) is 4.15. The van der Waals surface area contributed by atoms with Crippen molar-refractivity contribution in [3.8, 4) is 0 Å². The molecular formula is C14H17BrFNO2. The minimum absolute atomic E-state index is 0.0827. The van der Waals surface area contributed by atoms with Gasteiger partial charge >= 0.3 is 6.09 Å². The largest absolute Gasteiger partial charge is 0.452 e. The molecule has 0 aromatic heterocycles. The number of carbonyl (C=O) groups is 1. The van der Waals surface area contributed by atoms with Crippen molar-refractivity contribution in [1.82, 2.24) is 0 Å². The van der Waals surface area contributed by atoms with Crippen molar-refractivity contribution in [1.29, 1.82) is 0 Å². The topological polar surface area (TPSA) is 29.5 Å². The van der Waals surface area contributed by atoms with Crippen LogP contribution in [-0.2, 0) is 4.74 Å². The molecular weight excluding hydrogens is 313 g/mol. The Morgan fingerprint density at radius 1 is 1.37 bits per heavy atom. The van der Waals surface area contributed by atoms with Crippen molar-refractivity contribution >= 4 is 27.7 Å². The number of hydrogen-bond acceptors (Lipinski definition) is 2. The van der Waals surface area contributed by atoms with Gasteiger partial charge in [-0.25, -0.2) is 9.18 Å². The van der Waals surface area contributed by atoms with Crippen molar-refractivity contribution in [3.63, 3.8) is 0 Å². The summed E-state index contributed by atoms with van der Waals surface area (Å²) in [5.41, 5.74) is 0.541. The monoisotopic (exact) mass is 329 g/mol. The molecule has 0 heterocycles. The van der Waals surface area contributed by atoms with Crippen LogP contribution in [0.25, 0.3) is 0 Å². The standard InChI is InChI=1S/C14H17BrFNO2/c1-19-14(18)17(11-5-3-2-4-6-11)13-9-10(16)7-8-12(13)15/h7-9,11H,2-6H2,1H3. The molecule has 104 valence electrons. The fraction of sp³-hybridized carbons (Fsp3) is 0.500. The van der Waals surface area contributed by atoms with E-state index >= 15 is 0 Å². The maximum absolute atomic E-state index is 13.4. The highest BCUT2D eigenvalue weighted by molar-refractivity contribution is 9.10. The number of ether oxygens (including phenoxy) is 1. The lowest BCUT2D eigenvalue weighted by atomic mass is 9.94. The van der Waals surface area contributed by atoms with E-state index < -0.39 is 6.09 Å². The first-order chi connectivity index (χ1) is 9.13. The molecule has 2 rings (SSSR count). The van der Waals surface area contributed by atoms with Crippen LogP contribution >= 0.6 is 15.9 Å². The first kappa shape index (κ1) is 14.3. The van der Waals surface area contributed by atoms with Gasteiger partial charge in [-0.2, -0.15) is 0 Å². The van der Waals surface area contributed by atoms with Gasteiger partial charge in [-0.3, -0.25) is 4.90 Å². The van der Waals surface area contributed by atoms with E-state index in [1.807, 2.05) is 0 Å². The lowest BCUT2D eigenvalue weighted by Crippen LogP contribution is -2.41. The summed E-state index contributed by atoms with van der Waals surface area (Å²) < 4.78 is 19.0. The number of amides is 1. The van der Waals surface area contributed by atoms with Crippen LogP contribution in [0.15, 0.2) is 22.7 Å². The van der Waals surface area contributed by atoms with E-state index in [0.29, 0.717) is 10.2 Å². The van der Waals surface area contributed by atoms with Crippen molar-refractivity contribution in [3.05, 3.63) is 28.5 Å². The van der Waals surface area contributed by atoms with E-state index in [2.05, 4.69) is 15.9 Å². The van der Waals surface area contributed by atoms with Crippen LogP contribution < -0.4 is 4.90 Å². The number of benzene rings is 1. The molecule has 1 amide bonds. The molecule has 0 radical (unpaired) electrons. The van der Waals surface area contributed by atoms with Crippen LogP contribution in [0.5, 0.6) is 0 Å². The highest BCUT2D eigenvalue weighted by atomic mass is 79.9. The molecule has 1 aromatic carbocycles. The quantitative estimate of drug-likeness (QED) is 0.799. The third kappa shape index (κ3) is 3.26. The maximum atomic E-state index is 13.4. The zero-order valence-electron chi connectivity index (χ0n) is 10.9. The lowest BCUT2D eigenvalue weighted by molar-refractivity contribution is 0.173. The number of methoxy groups -OCH3 is 1. The van der Waals surface area contributed by atoms with Crippen molar-refractivity contribution in [2.75, 3.05) is 12.0 Å². The normalized spacial score (nSPS) is 16.2. The summed E-state index contributed by atoms with van der Waals surface area (Å²) in [5, 5.41) is 0. The molecule has 1 aromatic rings. The zero-order valence-corrected chi connectivity index (χ0v) is 12.5. The van der Waals surface area contributed by atoms with Crippen molar-refractivity contribution in [2.45, 2.75) is 38.1 Å². The van der Waals surface area contributed by atoms with E-state index in [9.17, 15) is 9.18 Å². The average molecular weight is 330 g/mol. The van der Waals surface area contributed by atoms with Crippen molar-refractivity contribution in [2.24, 2.45) is 0 Å². The SMILES string of the molecule is COC(=O)N(c1cc(F)ccc1Br)C1CCCCC1. The van der Waals surface area contributed by atoms with Crippen molar-refractivity contribution < 1.29 is 13.9 Å². The molecule has 0 bridgehead atoms. The van der Waals surface area contributed by atoms with Crippen LogP contribution in [-0.4, -0.2) is 19.2 Å². The van der Waals surface area contributed by atoms with E-state index in [1.165, 1.54) is 25.7 Å². The minimum Gasteiger partial charge on any atom is -0.452 e. The number of nitrogens with zero attached hydrogens (tertiary/aromatic N) is 1. The molecule has 0 spiro atoms. The predicted molar refractivity (Wildman–Crippen MR) is 75.9 cm³/mol. The van der Waals surface area contributed by atoms with Crippen LogP contribution in [0.4, 0.5) is 14.9 Å². The number of hydrogen-bond donors (Lipinski definition) is 0. The smallest absolute Gasteiger partial charge is 0.414 e. The van der Waals surface area contributed by atoms with Gasteiger partial charge in [-0.15, -0.1) is 0 Å². The average Bonchev–Trinajstić information content (AvgIpc) is 2.44. The van der Waals surface area contributed by atoms with E-state index in [0.717, 1.165) is 25.7 Å². The number of carbonyl (C=O) groups excluding carboxylic acids is 1. The summed E-state index contributed by atoms with van der Waals surface area (Å²) in [7, 11) is 1.35. The Balaban J connectivity index is 2.36. The van der Waals surface area contributed by atoms with Gasteiger partial charge in [0.15, 0.2) is 0 Å². The summed E-state index contributed by atoms with van der Waals surface area (Å²) in [5.74, 6) is -0.358. The number of halogens is 2. The highest BCUT2D eigenvalue weighted by Gasteiger charge is 2.29. The van der Waals surface area contributed by atoms with Gasteiger partial charge in [-0.1, -0.05) is 19.3 Å². The molecule has 1 aliphatic carbocycles. The van der Waals surface area contributed by atoms with Gasteiger partial charge in [0.1, 0.15) is 5.82 Å². The second-order valence-electron chi connectivity index (χ2n) is 4.73. The lowest BCUT2D eigenvalue weighted by Gasteiger charge is -2.33. The van der Waals surface area contributed by atoms with Gasteiger partial charge in [-0.05, 0) is 47.0 Å². The molecule has 0 saturated heterocycles. The molecule has 1 saturated carbocycles. The number of anilines is 1. The Morgan fingerprint density at radius 2 is 2.05 bits per heavy atom. The summed E-state index contributed by atoms with van der Waals surface area (Å²) in [6.07, 6.45) is 4.79. The molecule has 0 aliphatic heterocycles. The molecule has 5 heteroatoms. The van der Waals surface area contributed by atoms with Gasteiger partial charge in [0, 0.05) is 10.5 Å². The van der Waals surface area contributed by atoms with E-state index in [4.69, 9.17) is 4.74 Å². The Hall–Kier alpha value is -1.10. The summed E-state index contributed by atoms with van der Waals surface area (Å²) in [6, 6.07) is 4.43. The van der Waals surface area contributed by atoms with Crippen LogP contribution in [0.3, 0.4) is 0 Å². The molecule has 1 aliphatic rings. The second kappa shape index (κ2) is 6.37. The van der Waals surface area contributed by atoms with Gasteiger partial charge in [0.05, 0.1) is 12.8 Å². The first-order valence-corrected chi connectivity index (χ1v) is 7.25. The molecule has 1 fully saturated rings. The first-order valence-electron chi connectivity index (χ1n) is 6.45. The third-order valence-electron chi connectivity index (χ3n) is 3.48. The second-order valence-corrected chi connectivity index (χ2v) is 5.58. The predicted octanol–water partition coefficient (Wildman–Crippen LogP) is 4.49. The van der Waals surface area contributed by atoms with E-state index in [-0.39, 0.29) is 11.9 Å². The summed E-state index contributed by atoms with van der Waals surface area (Å²) in [4.78, 5) is 13.6. The zero-order chi connectivity index (χ0) is 13.8. The Labute approximate surface area is 120 Å². The molecule has 3 nitrogen and oxygen atoms in total. The number of rotatable bonds is 2. The van der Waals surface area contributed by atoms with Crippen LogP contribution in [0.1, 0.15) is 32.1 Å². The van der Waals surface area contributed by atoms with Crippen LogP contribution in [0, 0.1) is 5.82 Å². The molecule has 0 N–H and O–H groups in total. The van der Waals surface area contributed by atoms with Gasteiger partial charge < -0.3 is 4.74 Å². The fourth-order valence-electron chi connectivity index (χ4n) is 2.55. The Bertz CT molecular complexity index is 461. The maximum Gasteiger partial charge on any atom is 0.414 e. The van der Waals surface area contributed by atoms with Gasteiger partial charge in [0.2, 0.25) is 0 Å². The molecule has 0 unspecified atom stereocenters.